The molecule has 1 atom stereocenters. The quantitative estimate of drug-likeness (QED) is 0.779. The Morgan fingerprint density at radius 2 is 2.10 bits per heavy atom. The summed E-state index contributed by atoms with van der Waals surface area (Å²) in [5, 5.41) is 12.8. The van der Waals surface area contributed by atoms with Crippen LogP contribution in [0.25, 0.3) is 0 Å². The molecule has 0 heterocycles. The van der Waals surface area contributed by atoms with Crippen LogP contribution in [0.4, 0.5) is 0 Å². The number of rotatable bonds is 7. The molecule has 1 aromatic rings. The minimum Gasteiger partial charge on any atom is -0.497 e. The lowest BCUT2D eigenvalue weighted by molar-refractivity contribution is -0.122. The summed E-state index contributed by atoms with van der Waals surface area (Å²) in [4.78, 5) is 13.8. The molecule has 0 spiro atoms. The van der Waals surface area contributed by atoms with Gasteiger partial charge in [0.25, 0.3) is 0 Å². The van der Waals surface area contributed by atoms with Gasteiger partial charge < -0.3 is 15.2 Å². The molecule has 1 amide bonds. The van der Waals surface area contributed by atoms with Crippen LogP contribution in [-0.4, -0.2) is 49.2 Å². The Kier molecular flexibility index (Phi) is 4.98. The molecule has 2 N–H and O–H groups in total. The van der Waals surface area contributed by atoms with E-state index in [2.05, 4.69) is 10.2 Å². The van der Waals surface area contributed by atoms with Crippen LogP contribution < -0.4 is 10.1 Å². The smallest absolute Gasteiger partial charge is 0.234 e. The maximum absolute atomic E-state index is 11.7. The number of ether oxygens (including phenoxy) is 1. The van der Waals surface area contributed by atoms with Crippen molar-refractivity contribution in [1.82, 2.24) is 10.2 Å². The minimum absolute atomic E-state index is 0.0491. The third-order valence-corrected chi connectivity index (χ3v) is 3.56. The van der Waals surface area contributed by atoms with Crippen molar-refractivity contribution >= 4 is 5.91 Å². The van der Waals surface area contributed by atoms with E-state index in [0.717, 1.165) is 11.3 Å². The number of hydrogen-bond donors (Lipinski definition) is 2. The average molecular weight is 278 g/mol. The molecule has 1 aliphatic carbocycles. The molecule has 1 aromatic carbocycles. The van der Waals surface area contributed by atoms with Crippen LogP contribution in [0.3, 0.4) is 0 Å². The molecular weight excluding hydrogens is 256 g/mol. The number of nitrogens with one attached hydrogen (secondary N) is 1. The highest BCUT2D eigenvalue weighted by molar-refractivity contribution is 5.78. The van der Waals surface area contributed by atoms with E-state index >= 15 is 0 Å². The van der Waals surface area contributed by atoms with Gasteiger partial charge in [0.2, 0.25) is 5.91 Å². The van der Waals surface area contributed by atoms with Crippen LogP contribution in [0.15, 0.2) is 24.3 Å². The highest BCUT2D eigenvalue weighted by Crippen LogP contribution is 2.24. The highest BCUT2D eigenvalue weighted by Gasteiger charge is 2.27. The van der Waals surface area contributed by atoms with Crippen LogP contribution in [0.2, 0.25) is 0 Å². The summed E-state index contributed by atoms with van der Waals surface area (Å²) in [5.74, 6) is 0.697. The fourth-order valence-corrected chi connectivity index (χ4v) is 2.08. The van der Waals surface area contributed by atoms with Gasteiger partial charge in [0.05, 0.1) is 19.8 Å². The van der Waals surface area contributed by atoms with E-state index in [1.165, 1.54) is 12.8 Å². The molecule has 0 aliphatic heterocycles. The van der Waals surface area contributed by atoms with Crippen LogP contribution in [0, 0.1) is 0 Å². The summed E-state index contributed by atoms with van der Waals surface area (Å²) in [6.45, 7) is 0.615. The fraction of sp³-hybridized carbons (Fsp3) is 0.533. The van der Waals surface area contributed by atoms with Crippen molar-refractivity contribution in [2.45, 2.75) is 25.0 Å². The number of hydrogen-bond acceptors (Lipinski definition) is 4. The van der Waals surface area contributed by atoms with E-state index in [-0.39, 0.29) is 12.5 Å². The summed E-state index contributed by atoms with van der Waals surface area (Å²) in [7, 11) is 3.55. The van der Waals surface area contributed by atoms with Gasteiger partial charge in [-0.1, -0.05) is 12.1 Å². The van der Waals surface area contributed by atoms with E-state index < -0.39 is 6.10 Å². The molecule has 2 rings (SSSR count). The normalized spacial score (nSPS) is 16.0. The SMILES string of the molecule is COc1ccc(C(O)CNC(=O)CN(C)C2CC2)cc1. The van der Waals surface area contributed by atoms with Crippen molar-refractivity contribution in [1.29, 1.82) is 0 Å². The first-order chi connectivity index (χ1) is 9.60. The summed E-state index contributed by atoms with van der Waals surface area (Å²) < 4.78 is 5.06. The largest absolute Gasteiger partial charge is 0.497 e. The van der Waals surface area contributed by atoms with Gasteiger partial charge in [-0.3, -0.25) is 9.69 Å². The zero-order valence-electron chi connectivity index (χ0n) is 12.0. The van der Waals surface area contributed by atoms with Crippen molar-refractivity contribution in [3.8, 4) is 5.75 Å². The summed E-state index contributed by atoms with van der Waals surface area (Å²) >= 11 is 0. The number of aliphatic hydroxyl groups excluding tert-OH is 1. The standard InChI is InChI=1S/C15H22N2O3/c1-17(12-5-6-12)10-15(19)16-9-14(18)11-3-7-13(20-2)8-4-11/h3-4,7-8,12,14,18H,5-6,9-10H2,1-2H3,(H,16,19). The van der Waals surface area contributed by atoms with Gasteiger partial charge in [0.1, 0.15) is 5.75 Å². The molecular formula is C15H22N2O3. The van der Waals surface area contributed by atoms with E-state index in [1.54, 1.807) is 31.4 Å². The Balaban J connectivity index is 1.75. The third kappa shape index (κ3) is 4.21. The first-order valence-electron chi connectivity index (χ1n) is 6.89. The van der Waals surface area contributed by atoms with Crippen molar-refractivity contribution < 1.29 is 14.6 Å². The molecule has 0 aromatic heterocycles. The average Bonchev–Trinajstić information content (AvgIpc) is 3.29. The zero-order chi connectivity index (χ0) is 14.5. The van der Waals surface area contributed by atoms with Gasteiger partial charge in [-0.2, -0.15) is 0 Å². The van der Waals surface area contributed by atoms with Crippen LogP contribution >= 0.6 is 0 Å². The fourth-order valence-electron chi connectivity index (χ4n) is 2.08. The molecule has 0 bridgehead atoms. The van der Waals surface area contributed by atoms with Crippen molar-refractivity contribution in [2.75, 3.05) is 27.2 Å². The van der Waals surface area contributed by atoms with Crippen LogP contribution in [-0.2, 0) is 4.79 Å². The maximum atomic E-state index is 11.7. The summed E-state index contributed by atoms with van der Waals surface area (Å²) in [5.41, 5.74) is 0.765. The number of methoxy groups -OCH3 is 1. The van der Waals surface area contributed by atoms with E-state index in [4.69, 9.17) is 4.74 Å². The van der Waals surface area contributed by atoms with Gasteiger partial charge in [0, 0.05) is 12.6 Å². The second-order valence-corrected chi connectivity index (χ2v) is 5.24. The lowest BCUT2D eigenvalue weighted by Crippen LogP contribution is -2.37. The zero-order valence-corrected chi connectivity index (χ0v) is 12.0. The third-order valence-electron chi connectivity index (χ3n) is 3.56. The van der Waals surface area contributed by atoms with E-state index in [0.29, 0.717) is 12.6 Å². The molecule has 1 saturated carbocycles. The molecule has 110 valence electrons. The van der Waals surface area contributed by atoms with Crippen LogP contribution in [0.1, 0.15) is 24.5 Å². The van der Waals surface area contributed by atoms with Gasteiger partial charge in [0.15, 0.2) is 0 Å². The lowest BCUT2D eigenvalue weighted by Gasteiger charge is -2.17. The number of nitrogens with zero attached hydrogens (tertiary/aromatic N) is 1. The number of benzene rings is 1. The summed E-state index contributed by atoms with van der Waals surface area (Å²) in [6.07, 6.45) is 1.66. The molecule has 1 fully saturated rings. The first-order valence-corrected chi connectivity index (χ1v) is 6.89. The molecule has 1 unspecified atom stereocenters. The maximum Gasteiger partial charge on any atom is 0.234 e. The van der Waals surface area contributed by atoms with Crippen molar-refractivity contribution in [2.24, 2.45) is 0 Å². The Hall–Kier alpha value is -1.59. The molecule has 20 heavy (non-hydrogen) atoms. The molecule has 0 radical (unpaired) electrons. The van der Waals surface area contributed by atoms with Crippen molar-refractivity contribution in [3.63, 3.8) is 0 Å². The topological polar surface area (TPSA) is 61.8 Å². The highest BCUT2D eigenvalue weighted by atomic mass is 16.5. The lowest BCUT2D eigenvalue weighted by atomic mass is 10.1. The Labute approximate surface area is 119 Å². The first kappa shape index (κ1) is 14.8. The summed E-state index contributed by atoms with van der Waals surface area (Å²) in [6, 6.07) is 7.74. The van der Waals surface area contributed by atoms with Gasteiger partial charge in [-0.25, -0.2) is 0 Å². The van der Waals surface area contributed by atoms with Crippen LogP contribution in [0.5, 0.6) is 5.75 Å². The van der Waals surface area contributed by atoms with Crippen molar-refractivity contribution in [3.05, 3.63) is 29.8 Å². The molecule has 5 nitrogen and oxygen atoms in total. The number of carbonyl (C=O) groups is 1. The number of likely N-dealkylation sites (N-methyl/N-ethyl adjacent to an activating group) is 1. The van der Waals surface area contributed by atoms with E-state index in [9.17, 15) is 9.90 Å². The number of amides is 1. The Morgan fingerprint density at radius 3 is 2.65 bits per heavy atom. The predicted octanol–water partition coefficient (Wildman–Crippen LogP) is 0.939. The Morgan fingerprint density at radius 1 is 1.45 bits per heavy atom. The number of aliphatic hydroxyl groups is 1. The predicted molar refractivity (Wildman–Crippen MR) is 76.6 cm³/mol. The molecule has 5 heteroatoms. The minimum atomic E-state index is -0.698. The van der Waals surface area contributed by atoms with Gasteiger partial charge in [-0.05, 0) is 37.6 Å². The molecule has 0 saturated heterocycles. The second-order valence-electron chi connectivity index (χ2n) is 5.24. The monoisotopic (exact) mass is 278 g/mol. The van der Waals surface area contributed by atoms with E-state index in [1.807, 2.05) is 7.05 Å². The second kappa shape index (κ2) is 6.72. The number of carbonyl (C=O) groups excluding carboxylic acids is 1. The van der Waals surface area contributed by atoms with Gasteiger partial charge in [-0.15, -0.1) is 0 Å². The Bertz CT molecular complexity index is 443. The molecule has 1 aliphatic rings. The van der Waals surface area contributed by atoms with Gasteiger partial charge >= 0.3 is 0 Å².